The Kier molecular flexibility index (Phi) is 5.49. The second-order valence-corrected chi connectivity index (χ2v) is 6.60. The van der Waals surface area contributed by atoms with E-state index < -0.39 is 16.7 Å². The summed E-state index contributed by atoms with van der Waals surface area (Å²) < 4.78 is 11.0. The maximum Gasteiger partial charge on any atom is 0.287 e. The van der Waals surface area contributed by atoms with Gasteiger partial charge in [0.25, 0.3) is 17.5 Å². The van der Waals surface area contributed by atoms with Crippen molar-refractivity contribution in [3.05, 3.63) is 88.1 Å². The van der Waals surface area contributed by atoms with Crippen molar-refractivity contribution < 1.29 is 24.0 Å². The van der Waals surface area contributed by atoms with Crippen molar-refractivity contribution in [2.24, 2.45) is 0 Å². The zero-order valence-electron chi connectivity index (χ0n) is 16.7. The third kappa shape index (κ3) is 4.10. The molecule has 0 atom stereocenters. The molecule has 2 heterocycles. The van der Waals surface area contributed by atoms with Crippen LogP contribution in [0.5, 0.6) is 17.4 Å². The number of para-hydroxylation sites is 1. The van der Waals surface area contributed by atoms with Gasteiger partial charge in [-0.3, -0.25) is 25.1 Å². The van der Waals surface area contributed by atoms with Crippen LogP contribution in [-0.2, 0) is 9.59 Å². The zero-order chi connectivity index (χ0) is 22.7. The van der Waals surface area contributed by atoms with Crippen LogP contribution >= 0.6 is 0 Å². The van der Waals surface area contributed by atoms with Crippen molar-refractivity contribution in [1.82, 2.24) is 10.4 Å². The van der Waals surface area contributed by atoms with Crippen LogP contribution in [0.15, 0.2) is 72.4 Å². The highest BCUT2D eigenvalue weighted by atomic mass is 16.6. The van der Waals surface area contributed by atoms with Crippen LogP contribution in [0.2, 0.25) is 0 Å². The van der Waals surface area contributed by atoms with Gasteiger partial charge in [-0.15, -0.1) is 0 Å². The highest BCUT2D eigenvalue weighted by Gasteiger charge is 2.34. The number of nitrogens with zero attached hydrogens (tertiary/aromatic N) is 3. The Morgan fingerprint density at radius 1 is 1.06 bits per heavy atom. The maximum atomic E-state index is 12.7. The molecule has 3 aromatic rings. The summed E-state index contributed by atoms with van der Waals surface area (Å²) in [7, 11) is 1.44. The van der Waals surface area contributed by atoms with E-state index >= 15 is 0 Å². The summed E-state index contributed by atoms with van der Waals surface area (Å²) in [6, 6.07) is 16.2. The Bertz CT molecular complexity index is 1220. The number of hydrazine groups is 1. The number of pyridine rings is 1. The second kappa shape index (κ2) is 8.56. The summed E-state index contributed by atoms with van der Waals surface area (Å²) in [6.45, 7) is 0. The van der Waals surface area contributed by atoms with E-state index in [-0.39, 0.29) is 17.1 Å². The first-order valence-electron chi connectivity index (χ1n) is 9.35. The number of hydrogen-bond donors (Lipinski definition) is 1. The first-order valence-corrected chi connectivity index (χ1v) is 9.35. The SMILES string of the molecule is COc1cc(/C=C2/C(=O)NN(c3ccccc3)C2=O)ccc1Oc1ccc([N+](=O)[O-])cn1. The van der Waals surface area contributed by atoms with Crippen LogP contribution in [0.4, 0.5) is 11.4 Å². The lowest BCUT2D eigenvalue weighted by atomic mass is 10.1. The van der Waals surface area contributed by atoms with Gasteiger partial charge in [0.2, 0.25) is 5.88 Å². The van der Waals surface area contributed by atoms with Crippen molar-refractivity contribution in [2.45, 2.75) is 0 Å². The van der Waals surface area contributed by atoms with E-state index in [1.54, 1.807) is 42.5 Å². The predicted octanol–water partition coefficient (Wildman–Crippen LogP) is 3.25. The molecule has 0 spiro atoms. The maximum absolute atomic E-state index is 12.7. The van der Waals surface area contributed by atoms with Crippen LogP contribution in [0.3, 0.4) is 0 Å². The third-order valence-corrected chi connectivity index (χ3v) is 4.55. The summed E-state index contributed by atoms with van der Waals surface area (Å²) in [5, 5.41) is 11.9. The van der Waals surface area contributed by atoms with E-state index in [9.17, 15) is 19.7 Å². The van der Waals surface area contributed by atoms with E-state index in [1.807, 2.05) is 6.07 Å². The van der Waals surface area contributed by atoms with Crippen LogP contribution in [-0.4, -0.2) is 28.8 Å². The summed E-state index contributed by atoms with van der Waals surface area (Å²) in [6.07, 6.45) is 2.54. The number of aromatic nitrogens is 1. The number of anilines is 1. The quantitative estimate of drug-likeness (QED) is 0.274. The van der Waals surface area contributed by atoms with Crippen molar-refractivity contribution in [3.63, 3.8) is 0 Å². The molecule has 10 nitrogen and oxygen atoms in total. The molecule has 1 fully saturated rings. The van der Waals surface area contributed by atoms with Gasteiger partial charge in [0.1, 0.15) is 11.8 Å². The summed E-state index contributed by atoms with van der Waals surface area (Å²) in [5.74, 6) is -0.220. The van der Waals surface area contributed by atoms with Gasteiger partial charge in [-0.05, 0) is 35.9 Å². The zero-order valence-corrected chi connectivity index (χ0v) is 16.7. The molecule has 0 radical (unpaired) electrons. The summed E-state index contributed by atoms with van der Waals surface area (Å²) in [4.78, 5) is 39.2. The van der Waals surface area contributed by atoms with Crippen molar-refractivity contribution in [3.8, 4) is 17.4 Å². The van der Waals surface area contributed by atoms with Crippen LogP contribution in [0.25, 0.3) is 6.08 Å². The van der Waals surface area contributed by atoms with E-state index in [1.165, 1.54) is 30.3 Å². The molecular weight excluding hydrogens is 416 g/mol. The van der Waals surface area contributed by atoms with Gasteiger partial charge in [-0.1, -0.05) is 24.3 Å². The largest absolute Gasteiger partial charge is 0.493 e. The predicted molar refractivity (Wildman–Crippen MR) is 114 cm³/mol. The van der Waals surface area contributed by atoms with Crippen LogP contribution in [0, 0.1) is 10.1 Å². The van der Waals surface area contributed by atoms with Gasteiger partial charge in [-0.25, -0.2) is 9.99 Å². The van der Waals surface area contributed by atoms with Crippen molar-refractivity contribution >= 4 is 29.3 Å². The number of rotatable bonds is 6. The Morgan fingerprint density at radius 3 is 2.50 bits per heavy atom. The first kappa shape index (κ1) is 20.5. The van der Waals surface area contributed by atoms with E-state index in [4.69, 9.17) is 9.47 Å². The average Bonchev–Trinajstić information content (AvgIpc) is 3.09. The Hall–Kier alpha value is -4.73. The molecule has 1 aliphatic rings. The molecule has 1 aliphatic heterocycles. The lowest BCUT2D eigenvalue weighted by Gasteiger charge is -2.13. The first-order chi connectivity index (χ1) is 15.5. The summed E-state index contributed by atoms with van der Waals surface area (Å²) >= 11 is 0. The summed E-state index contributed by atoms with van der Waals surface area (Å²) in [5.41, 5.74) is 3.44. The monoisotopic (exact) mass is 432 g/mol. The van der Waals surface area contributed by atoms with Crippen LogP contribution in [0.1, 0.15) is 5.56 Å². The molecule has 32 heavy (non-hydrogen) atoms. The Labute approximate surface area is 181 Å². The third-order valence-electron chi connectivity index (χ3n) is 4.55. The van der Waals surface area contributed by atoms with Gasteiger partial charge in [0.05, 0.1) is 17.7 Å². The normalized spacial score (nSPS) is 14.4. The number of carbonyl (C=O) groups is 2. The molecule has 1 aromatic heterocycles. The van der Waals surface area contributed by atoms with Gasteiger partial charge >= 0.3 is 0 Å². The molecule has 160 valence electrons. The van der Waals surface area contributed by atoms with Crippen molar-refractivity contribution in [2.75, 3.05) is 12.1 Å². The second-order valence-electron chi connectivity index (χ2n) is 6.60. The number of benzene rings is 2. The molecule has 1 saturated heterocycles. The number of nitrogens with one attached hydrogen (secondary N) is 1. The Morgan fingerprint density at radius 2 is 1.84 bits per heavy atom. The van der Waals surface area contributed by atoms with E-state index in [2.05, 4.69) is 10.4 Å². The highest BCUT2D eigenvalue weighted by Crippen LogP contribution is 2.33. The molecule has 0 unspecified atom stereocenters. The molecule has 0 saturated carbocycles. The minimum absolute atomic E-state index is 0.0263. The Balaban J connectivity index is 1.57. The number of carbonyl (C=O) groups excluding carboxylic acids is 2. The van der Waals surface area contributed by atoms with Gasteiger partial charge in [0.15, 0.2) is 11.5 Å². The van der Waals surface area contributed by atoms with Crippen molar-refractivity contribution in [1.29, 1.82) is 0 Å². The van der Waals surface area contributed by atoms with E-state index in [0.29, 0.717) is 22.7 Å². The molecular formula is C22H16N4O6. The standard InChI is InChI=1S/C22H16N4O6/c1-31-19-12-14(7-9-18(19)32-20-10-8-16(13-23-20)26(29)30)11-17-21(27)24-25(22(17)28)15-5-3-2-4-6-15/h2-13H,1H3,(H,24,27)/b17-11-. The molecule has 0 bridgehead atoms. The lowest BCUT2D eigenvalue weighted by molar-refractivity contribution is -0.385. The van der Waals surface area contributed by atoms with E-state index in [0.717, 1.165) is 6.20 Å². The topological polar surface area (TPSA) is 124 Å². The number of methoxy groups -OCH3 is 1. The molecule has 0 aliphatic carbocycles. The number of ether oxygens (including phenoxy) is 2. The number of hydrogen-bond acceptors (Lipinski definition) is 7. The van der Waals surface area contributed by atoms with Gasteiger partial charge in [-0.2, -0.15) is 0 Å². The van der Waals surface area contributed by atoms with Gasteiger partial charge < -0.3 is 9.47 Å². The fraction of sp³-hybridized carbons (Fsp3) is 0.0455. The number of nitro groups is 1. The van der Waals surface area contributed by atoms with Gasteiger partial charge in [0, 0.05) is 12.1 Å². The minimum atomic E-state index is -0.557. The van der Waals surface area contributed by atoms with Crippen LogP contribution < -0.4 is 19.9 Å². The molecule has 10 heteroatoms. The smallest absolute Gasteiger partial charge is 0.287 e. The fourth-order valence-electron chi connectivity index (χ4n) is 2.99. The fourth-order valence-corrected chi connectivity index (χ4v) is 2.99. The highest BCUT2D eigenvalue weighted by molar-refractivity contribution is 6.31. The average molecular weight is 432 g/mol. The number of amides is 2. The molecule has 4 rings (SSSR count). The molecule has 2 aromatic carbocycles. The minimum Gasteiger partial charge on any atom is -0.493 e. The molecule has 2 amide bonds. The lowest BCUT2D eigenvalue weighted by Crippen LogP contribution is -2.35. The molecule has 1 N–H and O–H groups in total.